The summed E-state index contributed by atoms with van der Waals surface area (Å²) in [7, 11) is 0. The molecule has 2 aromatic rings. The minimum Gasteiger partial charge on any atom is -0.461 e. The molecule has 1 N–H and O–H groups in total. The number of aryl methyl sites for hydroxylation is 1. The van der Waals surface area contributed by atoms with Crippen LogP contribution in [0.3, 0.4) is 0 Å². The molecule has 0 radical (unpaired) electrons. The predicted octanol–water partition coefficient (Wildman–Crippen LogP) is 3.35. The van der Waals surface area contributed by atoms with Gasteiger partial charge in [0.05, 0.1) is 0 Å². The van der Waals surface area contributed by atoms with Crippen LogP contribution in [0.1, 0.15) is 29.8 Å². The molecular formula is C15H16ClN3O3S. The third kappa shape index (κ3) is 5.96. The van der Waals surface area contributed by atoms with Crippen molar-refractivity contribution in [3.05, 3.63) is 39.9 Å². The third-order valence-electron chi connectivity index (χ3n) is 2.90. The Morgan fingerprint density at radius 3 is 2.74 bits per heavy atom. The van der Waals surface area contributed by atoms with Gasteiger partial charge in [-0.15, -0.1) is 10.2 Å². The summed E-state index contributed by atoms with van der Waals surface area (Å²) in [6.07, 6.45) is 0.803. The van der Waals surface area contributed by atoms with Crippen LogP contribution in [-0.4, -0.2) is 22.1 Å². The zero-order valence-corrected chi connectivity index (χ0v) is 14.1. The van der Waals surface area contributed by atoms with Gasteiger partial charge in [-0.2, -0.15) is 0 Å². The van der Waals surface area contributed by atoms with Crippen molar-refractivity contribution in [3.8, 4) is 0 Å². The number of hydrogen-bond donors (Lipinski definition) is 1. The number of anilines is 1. The Kier molecular flexibility index (Phi) is 6.49. The number of halogens is 1. The molecule has 1 heterocycles. The maximum Gasteiger partial charge on any atom is 0.306 e. The van der Waals surface area contributed by atoms with Gasteiger partial charge in [-0.1, -0.05) is 41.1 Å². The van der Waals surface area contributed by atoms with Crippen molar-refractivity contribution in [1.82, 2.24) is 10.2 Å². The fourth-order valence-corrected chi connectivity index (χ4v) is 2.57. The first-order valence-corrected chi connectivity index (χ1v) is 8.23. The molecule has 0 bridgehead atoms. The highest BCUT2D eigenvalue weighted by Gasteiger charge is 2.09. The Morgan fingerprint density at radius 1 is 1.26 bits per heavy atom. The van der Waals surface area contributed by atoms with Gasteiger partial charge in [-0.25, -0.2) is 0 Å². The Bertz CT molecular complexity index is 690. The van der Waals surface area contributed by atoms with E-state index in [0.717, 1.165) is 10.6 Å². The number of benzene rings is 1. The predicted molar refractivity (Wildman–Crippen MR) is 88.4 cm³/mol. The largest absolute Gasteiger partial charge is 0.461 e. The topological polar surface area (TPSA) is 81.2 Å². The summed E-state index contributed by atoms with van der Waals surface area (Å²) in [4.78, 5) is 23.3. The zero-order valence-electron chi connectivity index (χ0n) is 12.5. The third-order valence-corrected chi connectivity index (χ3v) is 4.03. The van der Waals surface area contributed by atoms with Gasteiger partial charge in [-0.05, 0) is 19.4 Å². The second-order valence-corrected chi connectivity index (χ2v) is 6.37. The monoisotopic (exact) mass is 353 g/mol. The number of ether oxygens (including phenoxy) is 1. The van der Waals surface area contributed by atoms with Crippen molar-refractivity contribution in [2.24, 2.45) is 0 Å². The number of carbonyl (C=O) groups excluding carboxylic acids is 2. The lowest BCUT2D eigenvalue weighted by molar-refractivity contribution is -0.145. The van der Waals surface area contributed by atoms with E-state index in [1.807, 2.05) is 19.1 Å². The molecule has 0 aliphatic carbocycles. The van der Waals surface area contributed by atoms with Gasteiger partial charge in [-0.3, -0.25) is 9.59 Å². The smallest absolute Gasteiger partial charge is 0.306 e. The normalized spacial score (nSPS) is 10.3. The zero-order chi connectivity index (χ0) is 16.7. The van der Waals surface area contributed by atoms with Crippen molar-refractivity contribution < 1.29 is 14.3 Å². The van der Waals surface area contributed by atoms with Gasteiger partial charge in [0.2, 0.25) is 11.0 Å². The first kappa shape index (κ1) is 17.4. The highest BCUT2D eigenvalue weighted by atomic mass is 35.5. The summed E-state index contributed by atoms with van der Waals surface area (Å²) in [6.45, 7) is 1.94. The van der Waals surface area contributed by atoms with E-state index in [0.29, 0.717) is 16.6 Å². The van der Waals surface area contributed by atoms with E-state index in [4.69, 9.17) is 16.3 Å². The average molecular weight is 354 g/mol. The summed E-state index contributed by atoms with van der Waals surface area (Å²) in [5.74, 6) is -0.551. The molecule has 122 valence electrons. The lowest BCUT2D eigenvalue weighted by Gasteiger charge is -2.06. The number of hydrogen-bond acceptors (Lipinski definition) is 6. The molecule has 0 saturated heterocycles. The summed E-state index contributed by atoms with van der Waals surface area (Å²) in [5.41, 5.74) is 0.756. The molecule has 23 heavy (non-hydrogen) atoms. The molecule has 0 unspecified atom stereocenters. The van der Waals surface area contributed by atoms with E-state index in [1.54, 1.807) is 12.1 Å². The fraction of sp³-hybridized carbons (Fsp3) is 0.333. The molecule has 1 aromatic heterocycles. The summed E-state index contributed by atoms with van der Waals surface area (Å²) >= 11 is 7.28. The number of esters is 1. The lowest BCUT2D eigenvalue weighted by Crippen LogP contribution is -2.12. The van der Waals surface area contributed by atoms with Crippen LogP contribution in [0.2, 0.25) is 5.02 Å². The Hall–Kier alpha value is -1.99. The maximum absolute atomic E-state index is 11.7. The Labute approximate surface area is 142 Å². The summed E-state index contributed by atoms with van der Waals surface area (Å²) in [5, 5.41) is 12.1. The van der Waals surface area contributed by atoms with Crippen LogP contribution in [0.15, 0.2) is 24.3 Å². The quantitative estimate of drug-likeness (QED) is 0.772. The van der Waals surface area contributed by atoms with Crippen molar-refractivity contribution >= 4 is 39.9 Å². The SMILES string of the molecule is Cc1nnc(NC(=O)CCCC(=O)OCc2ccccc2Cl)s1. The lowest BCUT2D eigenvalue weighted by atomic mass is 10.2. The molecule has 0 fully saturated rings. The van der Waals surface area contributed by atoms with Crippen molar-refractivity contribution in [3.63, 3.8) is 0 Å². The van der Waals surface area contributed by atoms with Crippen LogP contribution in [-0.2, 0) is 20.9 Å². The molecule has 1 amide bonds. The number of aromatic nitrogens is 2. The van der Waals surface area contributed by atoms with E-state index in [2.05, 4.69) is 15.5 Å². The van der Waals surface area contributed by atoms with Crippen LogP contribution in [0.25, 0.3) is 0 Å². The molecular weight excluding hydrogens is 338 g/mol. The van der Waals surface area contributed by atoms with E-state index in [-0.39, 0.29) is 31.3 Å². The second kappa shape index (κ2) is 8.59. The molecule has 2 rings (SSSR count). The molecule has 6 nitrogen and oxygen atoms in total. The van der Waals surface area contributed by atoms with Gasteiger partial charge < -0.3 is 10.1 Å². The Morgan fingerprint density at radius 2 is 2.04 bits per heavy atom. The van der Waals surface area contributed by atoms with Crippen molar-refractivity contribution in [1.29, 1.82) is 0 Å². The number of nitrogens with zero attached hydrogens (tertiary/aromatic N) is 2. The fourth-order valence-electron chi connectivity index (χ4n) is 1.77. The van der Waals surface area contributed by atoms with Crippen LogP contribution in [0.4, 0.5) is 5.13 Å². The molecule has 0 saturated carbocycles. The summed E-state index contributed by atoms with van der Waals surface area (Å²) in [6, 6.07) is 7.18. The van der Waals surface area contributed by atoms with E-state index in [9.17, 15) is 9.59 Å². The van der Waals surface area contributed by atoms with Crippen molar-refractivity contribution in [2.75, 3.05) is 5.32 Å². The molecule has 8 heteroatoms. The first-order chi connectivity index (χ1) is 11.0. The summed E-state index contributed by atoms with van der Waals surface area (Å²) < 4.78 is 5.14. The van der Waals surface area contributed by atoms with Gasteiger partial charge in [0.25, 0.3) is 0 Å². The number of carbonyl (C=O) groups is 2. The second-order valence-electron chi connectivity index (χ2n) is 4.78. The van der Waals surface area contributed by atoms with Crippen LogP contribution in [0, 0.1) is 6.92 Å². The van der Waals surface area contributed by atoms with Gasteiger partial charge in [0, 0.05) is 23.4 Å². The molecule has 0 aliphatic rings. The molecule has 0 aliphatic heterocycles. The van der Waals surface area contributed by atoms with E-state index < -0.39 is 0 Å². The van der Waals surface area contributed by atoms with E-state index in [1.165, 1.54) is 11.3 Å². The van der Waals surface area contributed by atoms with Crippen LogP contribution < -0.4 is 5.32 Å². The van der Waals surface area contributed by atoms with Gasteiger partial charge in [0.1, 0.15) is 11.6 Å². The maximum atomic E-state index is 11.7. The highest BCUT2D eigenvalue weighted by Crippen LogP contribution is 2.16. The number of rotatable bonds is 7. The number of amides is 1. The first-order valence-electron chi connectivity index (χ1n) is 7.03. The van der Waals surface area contributed by atoms with Crippen molar-refractivity contribution in [2.45, 2.75) is 32.8 Å². The Balaban J connectivity index is 1.64. The minimum atomic E-state index is -0.357. The van der Waals surface area contributed by atoms with Gasteiger partial charge >= 0.3 is 5.97 Å². The molecule has 0 spiro atoms. The molecule has 1 aromatic carbocycles. The number of nitrogens with one attached hydrogen (secondary N) is 1. The van der Waals surface area contributed by atoms with Gasteiger partial charge in [0.15, 0.2) is 0 Å². The minimum absolute atomic E-state index is 0.134. The molecule has 0 atom stereocenters. The van der Waals surface area contributed by atoms with Crippen LogP contribution >= 0.6 is 22.9 Å². The van der Waals surface area contributed by atoms with E-state index >= 15 is 0 Å². The standard InChI is InChI=1S/C15H16ClN3O3S/c1-10-18-19-15(23-10)17-13(20)7-4-8-14(21)22-9-11-5-2-3-6-12(11)16/h2-3,5-6H,4,7-9H2,1H3,(H,17,19,20). The van der Waals surface area contributed by atoms with Crippen LogP contribution in [0.5, 0.6) is 0 Å². The average Bonchev–Trinajstić information content (AvgIpc) is 2.91. The highest BCUT2D eigenvalue weighted by molar-refractivity contribution is 7.15.